The third-order valence-electron chi connectivity index (χ3n) is 2.75. The van der Waals surface area contributed by atoms with E-state index < -0.39 is 11.8 Å². The van der Waals surface area contributed by atoms with Crippen molar-refractivity contribution in [1.29, 1.82) is 0 Å². The quantitative estimate of drug-likeness (QED) is 0.732. The van der Waals surface area contributed by atoms with Crippen LogP contribution in [-0.2, 0) is 9.53 Å². The molecule has 0 spiro atoms. The Balaban J connectivity index is 2.50. The van der Waals surface area contributed by atoms with Gasteiger partial charge in [0, 0.05) is 30.8 Å². The number of aliphatic hydroxyl groups is 1. The highest BCUT2D eigenvalue weighted by atomic mass is 35.5. The zero-order chi connectivity index (χ0) is 15.7. The van der Waals surface area contributed by atoms with E-state index in [2.05, 4.69) is 5.32 Å². The van der Waals surface area contributed by atoms with Crippen LogP contribution in [-0.4, -0.2) is 61.8 Å². The molecule has 0 aliphatic heterocycles. The third kappa shape index (κ3) is 6.68. The summed E-state index contributed by atoms with van der Waals surface area (Å²) >= 11 is 5.73. The molecule has 0 aliphatic carbocycles. The third-order valence-corrected chi connectivity index (χ3v) is 3.01. The van der Waals surface area contributed by atoms with Gasteiger partial charge in [0.25, 0.3) is 5.91 Å². The van der Waals surface area contributed by atoms with E-state index in [4.69, 9.17) is 21.4 Å². The number of nitrogens with one attached hydrogen (secondary N) is 1. The molecule has 0 fully saturated rings. The van der Waals surface area contributed by atoms with Crippen LogP contribution < -0.4 is 5.32 Å². The molecule has 1 aromatic rings. The second-order valence-electron chi connectivity index (χ2n) is 4.38. The lowest BCUT2D eigenvalue weighted by Crippen LogP contribution is -2.42. The van der Waals surface area contributed by atoms with Crippen molar-refractivity contribution in [3.8, 4) is 0 Å². The second-order valence-corrected chi connectivity index (χ2v) is 4.81. The summed E-state index contributed by atoms with van der Waals surface area (Å²) in [6.07, 6.45) is 0. The number of benzene rings is 1. The molecular formula is C14H19ClN2O4. The molecule has 7 heteroatoms. The van der Waals surface area contributed by atoms with Crippen LogP contribution in [0.2, 0.25) is 5.02 Å². The molecule has 1 aromatic carbocycles. The molecule has 0 radical (unpaired) electrons. The number of ether oxygens (including phenoxy) is 1. The Morgan fingerprint density at radius 2 is 1.95 bits per heavy atom. The Bertz CT molecular complexity index is 465. The minimum absolute atomic E-state index is 0.0171. The van der Waals surface area contributed by atoms with Crippen LogP contribution in [0.5, 0.6) is 0 Å². The number of nitrogens with zero attached hydrogens (tertiary/aromatic N) is 1. The average Bonchev–Trinajstić information content (AvgIpc) is 2.45. The summed E-state index contributed by atoms with van der Waals surface area (Å²) in [5.41, 5.74) is 0.360. The molecule has 0 atom stereocenters. The van der Waals surface area contributed by atoms with E-state index in [0.29, 0.717) is 30.3 Å². The SMILES string of the molecule is COCCN(CCO)CC(=O)NC(=O)c1ccc(Cl)cc1. The molecule has 0 saturated heterocycles. The summed E-state index contributed by atoms with van der Waals surface area (Å²) in [6, 6.07) is 6.25. The van der Waals surface area contributed by atoms with Crippen LogP contribution in [0.4, 0.5) is 0 Å². The molecule has 0 saturated carbocycles. The Labute approximate surface area is 128 Å². The van der Waals surface area contributed by atoms with E-state index in [-0.39, 0.29) is 13.2 Å². The Kier molecular flexibility index (Phi) is 7.92. The van der Waals surface area contributed by atoms with Crippen molar-refractivity contribution in [2.75, 3.05) is 40.0 Å². The molecular weight excluding hydrogens is 296 g/mol. The standard InChI is InChI=1S/C14H19ClN2O4/c1-21-9-7-17(6-8-18)10-13(19)16-14(20)11-2-4-12(15)5-3-11/h2-5,18H,6-10H2,1H3,(H,16,19,20). The second kappa shape index (κ2) is 9.46. The zero-order valence-electron chi connectivity index (χ0n) is 11.8. The summed E-state index contributed by atoms with van der Waals surface area (Å²) in [7, 11) is 1.56. The van der Waals surface area contributed by atoms with Gasteiger partial charge < -0.3 is 9.84 Å². The molecule has 0 bridgehead atoms. The first kappa shape index (κ1) is 17.6. The van der Waals surface area contributed by atoms with Crippen LogP contribution in [0, 0.1) is 0 Å². The summed E-state index contributed by atoms with van der Waals surface area (Å²) < 4.78 is 4.93. The molecule has 0 aromatic heterocycles. The number of imide groups is 1. The highest BCUT2D eigenvalue weighted by Crippen LogP contribution is 2.09. The highest BCUT2D eigenvalue weighted by molar-refractivity contribution is 6.30. The Morgan fingerprint density at radius 1 is 1.29 bits per heavy atom. The number of hydrogen-bond acceptors (Lipinski definition) is 5. The molecule has 21 heavy (non-hydrogen) atoms. The Hall–Kier alpha value is -1.47. The number of halogens is 1. The van der Waals surface area contributed by atoms with Crippen LogP contribution in [0.15, 0.2) is 24.3 Å². The lowest BCUT2D eigenvalue weighted by atomic mass is 10.2. The van der Waals surface area contributed by atoms with Gasteiger partial charge in [0.1, 0.15) is 0 Å². The topological polar surface area (TPSA) is 78.9 Å². The zero-order valence-corrected chi connectivity index (χ0v) is 12.6. The molecule has 1 rings (SSSR count). The maximum atomic E-state index is 11.9. The molecule has 6 nitrogen and oxygen atoms in total. The van der Waals surface area contributed by atoms with Gasteiger partial charge in [-0.1, -0.05) is 11.6 Å². The lowest BCUT2D eigenvalue weighted by Gasteiger charge is -2.19. The molecule has 2 N–H and O–H groups in total. The van der Waals surface area contributed by atoms with Crippen LogP contribution in [0.1, 0.15) is 10.4 Å². The predicted octanol–water partition coefficient (Wildman–Crippen LogP) is 0.537. The summed E-state index contributed by atoms with van der Waals surface area (Å²) in [5, 5.41) is 11.8. The largest absolute Gasteiger partial charge is 0.395 e. The number of methoxy groups -OCH3 is 1. The van der Waals surface area contributed by atoms with Crippen molar-refractivity contribution in [2.24, 2.45) is 0 Å². The van der Waals surface area contributed by atoms with E-state index in [0.717, 1.165) is 0 Å². The normalized spacial score (nSPS) is 10.7. The average molecular weight is 315 g/mol. The van der Waals surface area contributed by atoms with Gasteiger partial charge in [-0.15, -0.1) is 0 Å². The fourth-order valence-electron chi connectivity index (χ4n) is 1.67. The van der Waals surface area contributed by atoms with E-state index >= 15 is 0 Å². The maximum Gasteiger partial charge on any atom is 0.257 e. The molecule has 116 valence electrons. The van der Waals surface area contributed by atoms with Crippen LogP contribution in [0.25, 0.3) is 0 Å². The first-order valence-corrected chi connectivity index (χ1v) is 6.86. The monoisotopic (exact) mass is 314 g/mol. The van der Waals surface area contributed by atoms with Crippen molar-refractivity contribution in [2.45, 2.75) is 0 Å². The van der Waals surface area contributed by atoms with Gasteiger partial charge in [-0.25, -0.2) is 0 Å². The fourth-order valence-corrected chi connectivity index (χ4v) is 1.80. The number of carbonyl (C=O) groups is 2. The molecule has 0 unspecified atom stereocenters. The van der Waals surface area contributed by atoms with Gasteiger partial charge >= 0.3 is 0 Å². The lowest BCUT2D eigenvalue weighted by molar-refractivity contribution is -0.121. The number of aliphatic hydroxyl groups excluding tert-OH is 1. The van der Waals surface area contributed by atoms with E-state index in [9.17, 15) is 9.59 Å². The van der Waals surface area contributed by atoms with Crippen molar-refractivity contribution >= 4 is 23.4 Å². The van der Waals surface area contributed by atoms with Gasteiger partial charge in [-0.2, -0.15) is 0 Å². The van der Waals surface area contributed by atoms with Gasteiger partial charge in [-0.05, 0) is 24.3 Å². The number of amides is 2. The summed E-state index contributed by atoms with van der Waals surface area (Å²) in [4.78, 5) is 25.4. The van der Waals surface area contributed by atoms with Gasteiger partial charge in [-0.3, -0.25) is 19.8 Å². The summed E-state index contributed by atoms with van der Waals surface area (Å²) in [6.45, 7) is 1.23. The summed E-state index contributed by atoms with van der Waals surface area (Å²) in [5.74, 6) is -0.910. The fraction of sp³-hybridized carbons (Fsp3) is 0.429. The highest BCUT2D eigenvalue weighted by Gasteiger charge is 2.14. The number of rotatable bonds is 8. The van der Waals surface area contributed by atoms with E-state index in [1.54, 1.807) is 36.3 Å². The van der Waals surface area contributed by atoms with Crippen molar-refractivity contribution in [1.82, 2.24) is 10.2 Å². The predicted molar refractivity (Wildman–Crippen MR) is 79.3 cm³/mol. The Morgan fingerprint density at radius 3 is 2.52 bits per heavy atom. The minimum atomic E-state index is -0.479. The van der Waals surface area contributed by atoms with Crippen LogP contribution >= 0.6 is 11.6 Å². The molecule has 2 amide bonds. The van der Waals surface area contributed by atoms with Crippen molar-refractivity contribution in [3.63, 3.8) is 0 Å². The molecule has 0 heterocycles. The number of carbonyl (C=O) groups excluding carboxylic acids is 2. The smallest absolute Gasteiger partial charge is 0.257 e. The van der Waals surface area contributed by atoms with Gasteiger partial charge in [0.15, 0.2) is 0 Å². The first-order chi connectivity index (χ1) is 10.1. The van der Waals surface area contributed by atoms with Crippen LogP contribution in [0.3, 0.4) is 0 Å². The first-order valence-electron chi connectivity index (χ1n) is 6.48. The number of hydrogen-bond donors (Lipinski definition) is 2. The van der Waals surface area contributed by atoms with Gasteiger partial charge in [0.2, 0.25) is 5.91 Å². The van der Waals surface area contributed by atoms with E-state index in [1.165, 1.54) is 0 Å². The van der Waals surface area contributed by atoms with E-state index in [1.807, 2.05) is 0 Å². The maximum absolute atomic E-state index is 11.9. The van der Waals surface area contributed by atoms with Gasteiger partial charge in [0.05, 0.1) is 19.8 Å². The molecule has 0 aliphatic rings. The van der Waals surface area contributed by atoms with Crippen molar-refractivity contribution < 1.29 is 19.4 Å². The van der Waals surface area contributed by atoms with Crippen molar-refractivity contribution in [3.05, 3.63) is 34.9 Å². The minimum Gasteiger partial charge on any atom is -0.395 e.